The Hall–Kier alpha value is -1.42. The van der Waals surface area contributed by atoms with Crippen molar-refractivity contribution in [1.29, 1.82) is 0 Å². The molecule has 110 valence electrons. The van der Waals surface area contributed by atoms with Crippen LogP contribution < -0.4 is 5.43 Å². The quantitative estimate of drug-likeness (QED) is 0.674. The molecule has 4 aliphatic carbocycles. The Kier molecular flexibility index (Phi) is 3.03. The summed E-state index contributed by atoms with van der Waals surface area (Å²) in [5.41, 5.74) is 4.41. The summed E-state index contributed by atoms with van der Waals surface area (Å²) in [5.74, 6) is 1.49. The third kappa shape index (κ3) is 2.35. The van der Waals surface area contributed by atoms with Crippen molar-refractivity contribution in [3.63, 3.8) is 0 Å². The second kappa shape index (κ2) is 4.80. The van der Waals surface area contributed by atoms with E-state index < -0.39 is 0 Å². The van der Waals surface area contributed by atoms with Crippen molar-refractivity contribution in [2.75, 3.05) is 0 Å². The first-order valence-electron chi connectivity index (χ1n) is 7.60. The number of nitrogens with one attached hydrogen (secondary N) is 1. The van der Waals surface area contributed by atoms with Crippen LogP contribution in [0.1, 0.15) is 42.5 Å². The number of amides is 1. The Labute approximate surface area is 129 Å². The predicted molar refractivity (Wildman–Crippen MR) is 81.3 cm³/mol. The van der Waals surface area contributed by atoms with Crippen LogP contribution in [0.4, 0.5) is 0 Å². The standard InChI is InChI=1S/C16H18ClN3O/c17-16-6-10-4-12(7-16)14(13(5-10)8-16)19-20-15(21)11-2-1-3-18-9-11/h1-3,9-10,12-13H,4-8H2,(H,20,21)/t10?,12-,13-,16?/m0/s1. The lowest BCUT2D eigenvalue weighted by Crippen LogP contribution is -2.53. The van der Waals surface area contributed by atoms with Gasteiger partial charge in [-0.1, -0.05) is 0 Å². The summed E-state index contributed by atoms with van der Waals surface area (Å²) in [6.07, 6.45) is 8.78. The van der Waals surface area contributed by atoms with Crippen molar-refractivity contribution in [3.8, 4) is 0 Å². The number of hydrogen-bond donors (Lipinski definition) is 1. The van der Waals surface area contributed by atoms with E-state index in [1.54, 1.807) is 24.5 Å². The first kappa shape index (κ1) is 13.3. The lowest BCUT2D eigenvalue weighted by Gasteiger charge is -2.54. The van der Waals surface area contributed by atoms with Gasteiger partial charge in [0.25, 0.3) is 5.91 Å². The highest BCUT2D eigenvalue weighted by molar-refractivity contribution is 6.25. The highest BCUT2D eigenvalue weighted by Gasteiger charge is 2.53. The van der Waals surface area contributed by atoms with Crippen LogP contribution in [0, 0.1) is 17.8 Å². The highest BCUT2D eigenvalue weighted by Crippen LogP contribution is 2.57. The predicted octanol–water partition coefficient (Wildman–Crippen LogP) is 2.98. The minimum absolute atomic E-state index is 0.00286. The van der Waals surface area contributed by atoms with Crippen LogP contribution in [-0.2, 0) is 0 Å². The molecule has 21 heavy (non-hydrogen) atoms. The number of hydrazone groups is 1. The van der Waals surface area contributed by atoms with Gasteiger partial charge in [-0.05, 0) is 50.2 Å². The Morgan fingerprint density at radius 1 is 1.33 bits per heavy atom. The molecule has 4 bridgehead atoms. The molecule has 4 nitrogen and oxygen atoms in total. The summed E-state index contributed by atoms with van der Waals surface area (Å²) < 4.78 is 0. The number of halogens is 1. The molecule has 1 heterocycles. The van der Waals surface area contributed by atoms with Gasteiger partial charge in [0, 0.05) is 34.8 Å². The first-order chi connectivity index (χ1) is 10.1. The van der Waals surface area contributed by atoms with Gasteiger partial charge in [-0.3, -0.25) is 9.78 Å². The van der Waals surface area contributed by atoms with E-state index in [2.05, 4.69) is 15.5 Å². The van der Waals surface area contributed by atoms with Gasteiger partial charge in [-0.15, -0.1) is 11.6 Å². The van der Waals surface area contributed by atoms with E-state index in [4.69, 9.17) is 11.6 Å². The third-order valence-electron chi connectivity index (χ3n) is 5.16. The van der Waals surface area contributed by atoms with Gasteiger partial charge >= 0.3 is 0 Å². The fourth-order valence-electron chi connectivity index (χ4n) is 4.53. The fourth-order valence-corrected chi connectivity index (χ4v) is 5.12. The van der Waals surface area contributed by atoms with E-state index in [0.29, 0.717) is 17.4 Å². The number of carbonyl (C=O) groups excluding carboxylic acids is 1. The van der Waals surface area contributed by atoms with Crippen molar-refractivity contribution in [2.45, 2.75) is 37.0 Å². The molecular formula is C16H18ClN3O. The minimum Gasteiger partial charge on any atom is -0.267 e. The summed E-state index contributed by atoms with van der Waals surface area (Å²) >= 11 is 6.70. The van der Waals surface area contributed by atoms with Gasteiger partial charge in [0.2, 0.25) is 0 Å². The Morgan fingerprint density at radius 2 is 2.10 bits per heavy atom. The molecule has 0 saturated heterocycles. The Bertz CT molecular complexity index is 583. The van der Waals surface area contributed by atoms with Gasteiger partial charge in [-0.2, -0.15) is 5.10 Å². The van der Waals surface area contributed by atoms with Crippen LogP contribution >= 0.6 is 11.6 Å². The van der Waals surface area contributed by atoms with Crippen molar-refractivity contribution in [2.24, 2.45) is 22.9 Å². The molecule has 1 aromatic rings. The summed E-state index contributed by atoms with van der Waals surface area (Å²) in [6, 6.07) is 3.50. The maximum Gasteiger partial charge on any atom is 0.272 e. The summed E-state index contributed by atoms with van der Waals surface area (Å²) in [7, 11) is 0. The molecule has 0 aromatic carbocycles. The molecule has 1 amide bonds. The molecule has 2 atom stereocenters. The molecule has 0 spiro atoms. The number of aromatic nitrogens is 1. The van der Waals surface area contributed by atoms with Gasteiger partial charge in [0.15, 0.2) is 0 Å². The average molecular weight is 304 g/mol. The van der Waals surface area contributed by atoms with E-state index in [0.717, 1.165) is 25.2 Å². The molecule has 4 fully saturated rings. The smallest absolute Gasteiger partial charge is 0.267 e. The number of alkyl halides is 1. The summed E-state index contributed by atoms with van der Waals surface area (Å²) in [6.45, 7) is 0. The van der Waals surface area contributed by atoms with E-state index in [1.165, 1.54) is 18.6 Å². The normalized spacial score (nSPS) is 36.6. The van der Waals surface area contributed by atoms with E-state index >= 15 is 0 Å². The lowest BCUT2D eigenvalue weighted by molar-refractivity contribution is 0.0949. The second-order valence-corrected chi connectivity index (χ2v) is 7.52. The molecule has 5 heteroatoms. The first-order valence-corrected chi connectivity index (χ1v) is 7.97. The number of pyridine rings is 1. The zero-order valence-electron chi connectivity index (χ0n) is 11.8. The number of hydrogen-bond acceptors (Lipinski definition) is 3. The fraction of sp³-hybridized carbons (Fsp3) is 0.562. The molecule has 0 radical (unpaired) electrons. The van der Waals surface area contributed by atoms with Gasteiger partial charge < -0.3 is 0 Å². The van der Waals surface area contributed by atoms with Crippen molar-refractivity contribution >= 4 is 23.2 Å². The molecule has 4 aliphatic rings. The molecule has 0 aliphatic heterocycles. The Morgan fingerprint density at radius 3 is 2.71 bits per heavy atom. The van der Waals surface area contributed by atoms with E-state index in [9.17, 15) is 4.79 Å². The molecule has 1 aromatic heterocycles. The van der Waals surface area contributed by atoms with E-state index in [-0.39, 0.29) is 10.8 Å². The van der Waals surface area contributed by atoms with E-state index in [1.807, 2.05) is 0 Å². The second-order valence-electron chi connectivity index (χ2n) is 6.71. The van der Waals surface area contributed by atoms with Crippen LogP contribution in [0.3, 0.4) is 0 Å². The zero-order valence-corrected chi connectivity index (χ0v) is 12.5. The number of rotatable bonds is 2. The van der Waals surface area contributed by atoms with Crippen molar-refractivity contribution in [3.05, 3.63) is 30.1 Å². The maximum atomic E-state index is 12.1. The SMILES string of the molecule is O=C(NN=C1[C@H]2CC3C[C@H]1CC(Cl)(C3)C2)c1cccnc1. The molecule has 5 rings (SSSR count). The minimum atomic E-state index is -0.190. The van der Waals surface area contributed by atoms with Gasteiger partial charge in [-0.25, -0.2) is 5.43 Å². The van der Waals surface area contributed by atoms with Gasteiger partial charge in [0.1, 0.15) is 0 Å². The zero-order chi connectivity index (χ0) is 14.4. The molecule has 1 N–H and O–H groups in total. The van der Waals surface area contributed by atoms with Crippen LogP contribution in [0.2, 0.25) is 0 Å². The van der Waals surface area contributed by atoms with Crippen molar-refractivity contribution in [1.82, 2.24) is 10.4 Å². The molecule has 4 saturated carbocycles. The molecule has 0 unspecified atom stereocenters. The van der Waals surface area contributed by atoms with Crippen LogP contribution in [0.25, 0.3) is 0 Å². The van der Waals surface area contributed by atoms with Crippen LogP contribution in [0.15, 0.2) is 29.6 Å². The summed E-state index contributed by atoms with van der Waals surface area (Å²) in [5, 5.41) is 4.46. The molecular weight excluding hydrogens is 286 g/mol. The van der Waals surface area contributed by atoms with Crippen LogP contribution in [-0.4, -0.2) is 21.5 Å². The average Bonchev–Trinajstić information content (AvgIpc) is 2.45. The number of carbonyl (C=O) groups is 1. The Balaban J connectivity index is 1.51. The van der Waals surface area contributed by atoms with Gasteiger partial charge in [0.05, 0.1) is 5.56 Å². The monoisotopic (exact) mass is 303 g/mol. The summed E-state index contributed by atoms with van der Waals surface area (Å²) in [4.78, 5) is 16.0. The topological polar surface area (TPSA) is 54.4 Å². The largest absolute Gasteiger partial charge is 0.272 e. The lowest BCUT2D eigenvalue weighted by atomic mass is 9.55. The number of nitrogens with zero attached hydrogens (tertiary/aromatic N) is 2. The maximum absolute atomic E-state index is 12.1. The highest BCUT2D eigenvalue weighted by atomic mass is 35.5. The van der Waals surface area contributed by atoms with Crippen LogP contribution in [0.5, 0.6) is 0 Å². The van der Waals surface area contributed by atoms with Crippen molar-refractivity contribution < 1.29 is 4.79 Å². The third-order valence-corrected chi connectivity index (χ3v) is 5.62.